The Hall–Kier alpha value is -4.04. The predicted molar refractivity (Wildman–Crippen MR) is 140 cm³/mol. The monoisotopic (exact) mass is 543 g/mol. The maximum absolute atomic E-state index is 13.1. The molecule has 1 amide bonds. The molecule has 36 heavy (non-hydrogen) atoms. The molecule has 5 rings (SSSR count). The highest BCUT2D eigenvalue weighted by atomic mass is 79.9. The Morgan fingerprint density at radius 1 is 0.972 bits per heavy atom. The van der Waals surface area contributed by atoms with Gasteiger partial charge in [-0.2, -0.15) is 10.5 Å². The molecule has 8 heteroatoms. The highest BCUT2D eigenvalue weighted by molar-refractivity contribution is 9.10. The van der Waals surface area contributed by atoms with E-state index >= 15 is 0 Å². The topological polar surface area (TPSA) is 87.2 Å². The van der Waals surface area contributed by atoms with Gasteiger partial charge in [-0.3, -0.25) is 4.79 Å². The Morgan fingerprint density at radius 3 is 2.36 bits per heavy atom. The average Bonchev–Trinajstić information content (AvgIpc) is 3.54. The Kier molecular flexibility index (Phi) is 6.77. The van der Waals surface area contributed by atoms with E-state index in [2.05, 4.69) is 21.4 Å². The zero-order chi connectivity index (χ0) is 25.1. The van der Waals surface area contributed by atoms with Crippen LogP contribution in [0.5, 0.6) is 0 Å². The second-order valence-electron chi connectivity index (χ2n) is 8.54. The number of aliphatic carboxylic acids is 1. The van der Waals surface area contributed by atoms with E-state index in [1.54, 1.807) is 0 Å². The van der Waals surface area contributed by atoms with Crippen LogP contribution in [0.3, 0.4) is 0 Å². The molecule has 1 atom stereocenters. The van der Waals surface area contributed by atoms with Crippen LogP contribution in [0.25, 0.3) is 16.9 Å². The van der Waals surface area contributed by atoms with Crippen molar-refractivity contribution < 1.29 is 19.4 Å². The Labute approximate surface area is 216 Å². The van der Waals surface area contributed by atoms with Gasteiger partial charge < -0.3 is 5.11 Å². The summed E-state index contributed by atoms with van der Waals surface area (Å²) in [6, 6.07) is 27.4. The van der Waals surface area contributed by atoms with Crippen LogP contribution in [-0.4, -0.2) is 37.2 Å². The van der Waals surface area contributed by atoms with E-state index < -0.39 is 5.97 Å². The van der Waals surface area contributed by atoms with Crippen LogP contribution in [0.1, 0.15) is 36.4 Å². The third kappa shape index (κ3) is 4.99. The van der Waals surface area contributed by atoms with Crippen LogP contribution in [0.15, 0.2) is 95.6 Å². The molecule has 0 fully saturated rings. The summed E-state index contributed by atoms with van der Waals surface area (Å²) in [5.41, 5.74) is 8.73. The highest BCUT2D eigenvalue weighted by Gasteiger charge is 2.39. The minimum atomic E-state index is -1.00. The van der Waals surface area contributed by atoms with Crippen LogP contribution >= 0.6 is 15.9 Å². The van der Waals surface area contributed by atoms with Gasteiger partial charge in [-0.05, 0) is 35.0 Å². The lowest BCUT2D eigenvalue weighted by molar-refractivity contribution is -0.506. The third-order valence-corrected chi connectivity index (χ3v) is 6.59. The second kappa shape index (κ2) is 10.3. The second-order valence-corrected chi connectivity index (χ2v) is 9.46. The van der Waals surface area contributed by atoms with Crippen molar-refractivity contribution in [1.29, 1.82) is 0 Å². The molecule has 180 valence electrons. The molecular weight excluding hydrogens is 520 g/mol. The third-order valence-electron chi connectivity index (χ3n) is 6.10. The SMILES string of the molecule is O=C(O)CCC(=O)[N+]1=C(c2cccc(Br)c2)C[C@@H](c2cn(-c3ccccc3)nc2-c2ccccc2)N1. The number of carbonyl (C=O) groups is 2. The van der Waals surface area contributed by atoms with Gasteiger partial charge in [-0.1, -0.05) is 70.5 Å². The molecule has 0 saturated heterocycles. The summed E-state index contributed by atoms with van der Waals surface area (Å²) in [4.78, 5) is 24.2. The normalized spacial score (nSPS) is 15.1. The molecule has 2 heterocycles. The minimum absolute atomic E-state index is 0.0959. The number of carbonyl (C=O) groups excluding carboxylic acids is 1. The molecule has 0 radical (unpaired) electrons. The summed E-state index contributed by atoms with van der Waals surface area (Å²) >= 11 is 3.52. The minimum Gasteiger partial charge on any atom is -0.481 e. The first-order chi connectivity index (χ1) is 17.5. The van der Waals surface area contributed by atoms with Crippen molar-refractivity contribution in [3.8, 4) is 16.9 Å². The zero-order valence-electron chi connectivity index (χ0n) is 19.3. The van der Waals surface area contributed by atoms with Crippen molar-refractivity contribution in [2.75, 3.05) is 0 Å². The fraction of sp³-hybridized carbons (Fsp3) is 0.143. The number of hydrazone groups is 1. The summed E-state index contributed by atoms with van der Waals surface area (Å²) in [7, 11) is 0. The molecular formula is C28H24BrN4O3+. The number of para-hydroxylation sites is 1. The smallest absolute Gasteiger partial charge is 0.415 e. The molecule has 4 aromatic rings. The average molecular weight is 544 g/mol. The van der Waals surface area contributed by atoms with Gasteiger partial charge >= 0.3 is 11.9 Å². The van der Waals surface area contributed by atoms with Gasteiger partial charge in [0.2, 0.25) is 5.71 Å². The van der Waals surface area contributed by atoms with E-state index in [-0.39, 0.29) is 24.8 Å². The standard InChI is InChI=1S/C28H23BrN4O3/c29-21-11-7-10-20(16-21)25-17-24(30-33(25)26(34)14-15-27(35)36)23-18-32(22-12-5-2-6-13-22)31-28(23)19-8-3-1-4-9-19/h1-13,16,18,24,30H,14-15,17H2/p+1/t24-/m0/s1. The Balaban J connectivity index is 1.56. The van der Waals surface area contributed by atoms with Gasteiger partial charge in [0.1, 0.15) is 6.04 Å². The molecule has 1 aliphatic rings. The number of benzene rings is 3. The number of hydrogen-bond acceptors (Lipinski definition) is 4. The van der Waals surface area contributed by atoms with Gasteiger partial charge in [0.05, 0.1) is 30.6 Å². The maximum atomic E-state index is 13.1. The van der Waals surface area contributed by atoms with Gasteiger partial charge in [0.15, 0.2) is 0 Å². The molecule has 0 saturated carbocycles. The maximum Gasteiger partial charge on any atom is 0.415 e. The largest absolute Gasteiger partial charge is 0.481 e. The van der Waals surface area contributed by atoms with Crippen LogP contribution in [0, 0.1) is 0 Å². The molecule has 1 aliphatic heterocycles. The molecule has 0 aliphatic carbocycles. The number of halogens is 1. The van der Waals surface area contributed by atoms with E-state index in [1.165, 1.54) is 4.68 Å². The summed E-state index contributed by atoms with van der Waals surface area (Å²) in [6.45, 7) is 0. The van der Waals surface area contributed by atoms with Crippen molar-refractivity contribution in [3.63, 3.8) is 0 Å². The van der Waals surface area contributed by atoms with E-state index in [4.69, 9.17) is 10.2 Å². The van der Waals surface area contributed by atoms with E-state index in [0.717, 1.165) is 38.3 Å². The number of nitrogens with zero attached hydrogens (tertiary/aromatic N) is 3. The van der Waals surface area contributed by atoms with Crippen molar-refractivity contribution in [2.45, 2.75) is 25.3 Å². The van der Waals surface area contributed by atoms with Gasteiger partial charge in [-0.15, -0.1) is 0 Å². The molecule has 7 nitrogen and oxygen atoms in total. The van der Waals surface area contributed by atoms with E-state index in [9.17, 15) is 9.59 Å². The van der Waals surface area contributed by atoms with Crippen LogP contribution < -0.4 is 5.43 Å². The number of amides is 1. The summed E-state index contributed by atoms with van der Waals surface area (Å²) in [5, 5.41) is 14.0. The lowest BCUT2D eigenvalue weighted by Crippen LogP contribution is -2.34. The predicted octanol–water partition coefficient (Wildman–Crippen LogP) is 5.14. The zero-order valence-corrected chi connectivity index (χ0v) is 20.9. The summed E-state index contributed by atoms with van der Waals surface area (Å²) in [6.07, 6.45) is 2.21. The fourth-order valence-electron chi connectivity index (χ4n) is 4.38. The van der Waals surface area contributed by atoms with E-state index in [0.29, 0.717) is 6.42 Å². The lowest BCUT2D eigenvalue weighted by Gasteiger charge is -2.08. The van der Waals surface area contributed by atoms with Crippen molar-refractivity contribution in [1.82, 2.24) is 15.2 Å². The first-order valence-corrected chi connectivity index (χ1v) is 12.4. The Morgan fingerprint density at radius 2 is 1.67 bits per heavy atom. The lowest BCUT2D eigenvalue weighted by atomic mass is 9.97. The number of rotatable bonds is 7. The number of aromatic nitrogens is 2. The van der Waals surface area contributed by atoms with Gasteiger partial charge in [0, 0.05) is 27.4 Å². The van der Waals surface area contributed by atoms with Crippen molar-refractivity contribution >= 4 is 33.5 Å². The molecule has 0 unspecified atom stereocenters. The van der Waals surface area contributed by atoms with Crippen LogP contribution in [0.4, 0.5) is 0 Å². The number of nitrogens with one attached hydrogen (secondary N) is 1. The quantitative estimate of drug-likeness (QED) is 0.315. The number of carboxylic acid groups (broad SMARTS) is 1. The summed E-state index contributed by atoms with van der Waals surface area (Å²) < 4.78 is 4.27. The number of carboxylic acids is 1. The molecule has 0 spiro atoms. The number of hydrogen-bond donors (Lipinski definition) is 2. The molecule has 1 aromatic heterocycles. The van der Waals surface area contributed by atoms with Crippen LogP contribution in [-0.2, 0) is 9.59 Å². The van der Waals surface area contributed by atoms with E-state index in [1.807, 2.05) is 95.8 Å². The Bertz CT molecular complexity index is 1450. The van der Waals surface area contributed by atoms with Gasteiger partial charge in [0.25, 0.3) is 0 Å². The fourth-order valence-corrected chi connectivity index (χ4v) is 4.78. The molecule has 2 N–H and O–H groups in total. The number of hydrazine groups is 1. The first kappa shape index (κ1) is 23.7. The highest BCUT2D eigenvalue weighted by Crippen LogP contribution is 2.33. The molecule has 3 aromatic carbocycles. The van der Waals surface area contributed by atoms with Crippen LogP contribution in [0.2, 0.25) is 0 Å². The first-order valence-electron chi connectivity index (χ1n) is 11.6. The van der Waals surface area contributed by atoms with Crippen molar-refractivity contribution in [2.24, 2.45) is 0 Å². The van der Waals surface area contributed by atoms with Gasteiger partial charge in [-0.25, -0.2) is 9.48 Å². The summed E-state index contributed by atoms with van der Waals surface area (Å²) in [5.74, 6) is -1.29. The molecule has 0 bridgehead atoms. The van der Waals surface area contributed by atoms with Crippen molar-refractivity contribution in [3.05, 3.63) is 107 Å².